The molecule has 0 bridgehead atoms. The van der Waals surface area contributed by atoms with Gasteiger partial charge in [-0.1, -0.05) is 38.1 Å². The van der Waals surface area contributed by atoms with Gasteiger partial charge >= 0.3 is 11.8 Å². The summed E-state index contributed by atoms with van der Waals surface area (Å²) in [5.41, 5.74) is 2.66. The fraction of sp³-hybridized carbons (Fsp3) is 0.469. The third-order valence-corrected chi connectivity index (χ3v) is 16.1. The second-order valence-electron chi connectivity index (χ2n) is 19.7. The maximum Gasteiger partial charge on any atom is 0.407 e. The number of carboxylic acid groups (broad SMARTS) is 1. The van der Waals surface area contributed by atoms with Gasteiger partial charge in [0.05, 0.1) is 34.5 Å². The van der Waals surface area contributed by atoms with E-state index in [1.54, 1.807) is 36.2 Å². The Morgan fingerprint density at radius 1 is 0.985 bits per heavy atom. The van der Waals surface area contributed by atoms with Crippen LogP contribution in [0.15, 0.2) is 84.1 Å². The van der Waals surface area contributed by atoms with Crippen molar-refractivity contribution in [1.82, 2.24) is 29.5 Å². The SMILES string of the molecule is CC(C)c1ccccc1[C@H]1CN(C(=O)O)CCN1C1CC2(CCN(c3ccc(C(=O)NS(=O)(=O)c4cnc(NC[C@H]5CC[C@](C)(O)CC5)c([N+](=O)[O-])c4)c(Oc4cnc5[nH]ccc5c4)c3)CC2)C1. The Morgan fingerprint density at radius 3 is 2.46 bits per heavy atom. The van der Waals surface area contributed by atoms with Crippen molar-refractivity contribution >= 4 is 50.2 Å². The molecule has 2 saturated carbocycles. The molecule has 5 aromatic rings. The number of fused-ring (bicyclic) bond motifs is 1. The van der Waals surface area contributed by atoms with Crippen molar-refractivity contribution in [3.63, 3.8) is 0 Å². The zero-order valence-corrected chi connectivity index (χ0v) is 39.4. The largest absolute Gasteiger partial charge is 0.465 e. The van der Waals surface area contributed by atoms with E-state index in [4.69, 9.17) is 4.74 Å². The number of H-pyrrole nitrogens is 1. The van der Waals surface area contributed by atoms with Crippen LogP contribution in [0.3, 0.4) is 0 Å². The summed E-state index contributed by atoms with van der Waals surface area (Å²) in [5.74, 6) is -0.220. The molecule has 2 aliphatic carbocycles. The van der Waals surface area contributed by atoms with Gasteiger partial charge in [-0.15, -0.1) is 0 Å². The number of carbonyl (C=O) groups is 2. The summed E-state index contributed by atoms with van der Waals surface area (Å²) < 4.78 is 35.9. The number of hydrogen-bond acceptors (Lipinski definition) is 13. The first-order valence-corrected chi connectivity index (χ1v) is 25.0. The fourth-order valence-corrected chi connectivity index (χ4v) is 11.7. The van der Waals surface area contributed by atoms with Crippen LogP contribution in [0.4, 0.5) is 22.0 Å². The van der Waals surface area contributed by atoms with E-state index in [2.05, 4.69) is 66.8 Å². The summed E-state index contributed by atoms with van der Waals surface area (Å²) in [7, 11) is -4.66. The number of piperazine rings is 1. The first-order chi connectivity index (χ1) is 32.5. The lowest BCUT2D eigenvalue weighted by Crippen LogP contribution is -2.60. The van der Waals surface area contributed by atoms with Crippen LogP contribution in [-0.4, -0.2) is 111 Å². The lowest BCUT2D eigenvalue weighted by atomic mass is 9.59. The standard InChI is InChI=1S/C49H59N9O9S/c1-31(2)38-6-4-5-7-39(38)42-30-56(47(60)61)20-21-57(42)35-25-49(26-35)15-18-55(19-16-49)34-8-9-40(43(23-34)67-36-22-33-12-17-50-44(33)52-28-36)46(59)54-68(65,66)37-24-41(58(63)64)45(53-29-37)51-27-32-10-13-48(3,62)14-11-32/h4-9,12,17,22-24,28-29,31-32,35,42,62H,10-11,13-16,18-21,25-27,30H2,1-3H3,(H,50,52)(H,51,53)(H,54,59)(H,60,61)/t32-,42-,48-/m1/s1. The molecule has 4 fully saturated rings. The normalized spacial score (nSPS) is 22.2. The number of amides is 2. The first-order valence-electron chi connectivity index (χ1n) is 23.5. The molecule has 1 atom stereocenters. The number of sulfonamides is 1. The Labute approximate surface area is 395 Å². The number of pyridine rings is 2. The number of piperidine rings is 1. The molecule has 3 aromatic heterocycles. The first kappa shape index (κ1) is 46.8. The minimum Gasteiger partial charge on any atom is -0.465 e. The monoisotopic (exact) mass is 949 g/mol. The minimum atomic E-state index is -4.66. The second-order valence-corrected chi connectivity index (χ2v) is 21.4. The molecule has 2 saturated heterocycles. The van der Waals surface area contributed by atoms with Crippen molar-refractivity contribution in [2.75, 3.05) is 49.5 Å². The number of nitrogens with one attached hydrogen (secondary N) is 3. The Morgan fingerprint density at radius 2 is 1.74 bits per heavy atom. The van der Waals surface area contributed by atoms with Gasteiger partial charge in [0.25, 0.3) is 15.9 Å². The molecule has 68 heavy (non-hydrogen) atoms. The molecule has 2 aromatic carbocycles. The average Bonchev–Trinajstić information content (AvgIpc) is 3.78. The second kappa shape index (κ2) is 18.6. The van der Waals surface area contributed by atoms with E-state index in [1.807, 2.05) is 12.1 Å². The van der Waals surface area contributed by atoms with Gasteiger partial charge in [-0.3, -0.25) is 19.8 Å². The highest BCUT2D eigenvalue weighted by atomic mass is 32.2. The van der Waals surface area contributed by atoms with Crippen LogP contribution in [-0.2, 0) is 10.0 Å². The molecule has 9 rings (SSSR count). The Balaban J connectivity index is 0.901. The van der Waals surface area contributed by atoms with Gasteiger partial charge in [-0.25, -0.2) is 27.9 Å². The molecule has 19 heteroatoms. The molecular weight excluding hydrogens is 891 g/mol. The third-order valence-electron chi connectivity index (χ3n) is 14.8. The lowest BCUT2D eigenvalue weighted by Gasteiger charge is -2.58. The Kier molecular flexibility index (Phi) is 12.8. The topological polar surface area (TPSA) is 236 Å². The van der Waals surface area contributed by atoms with E-state index in [0.29, 0.717) is 62.4 Å². The summed E-state index contributed by atoms with van der Waals surface area (Å²) >= 11 is 0. The van der Waals surface area contributed by atoms with Crippen molar-refractivity contribution < 1.29 is 37.9 Å². The predicted octanol–water partition coefficient (Wildman–Crippen LogP) is 8.04. The Bertz CT molecular complexity index is 2810. The van der Waals surface area contributed by atoms with E-state index < -0.39 is 43.1 Å². The number of benzene rings is 2. The van der Waals surface area contributed by atoms with E-state index in [0.717, 1.165) is 75.0 Å². The minimum absolute atomic E-state index is 0.0196. The quantitative estimate of drug-likeness (QED) is 0.0555. The van der Waals surface area contributed by atoms with E-state index in [-0.39, 0.29) is 34.5 Å². The summed E-state index contributed by atoms with van der Waals surface area (Å²) in [6, 6.07) is 18.2. The maximum atomic E-state index is 14.0. The average molecular weight is 950 g/mol. The number of hydrogen-bond donors (Lipinski definition) is 5. The molecule has 1 spiro atoms. The van der Waals surface area contributed by atoms with Crippen LogP contribution < -0.4 is 19.7 Å². The third kappa shape index (κ3) is 9.82. The molecule has 2 aliphatic heterocycles. The summed E-state index contributed by atoms with van der Waals surface area (Å²) in [4.78, 5) is 54.9. The summed E-state index contributed by atoms with van der Waals surface area (Å²) in [6.07, 6.45) is 9.93. The van der Waals surface area contributed by atoms with Crippen LogP contribution in [0.25, 0.3) is 11.0 Å². The molecule has 5 heterocycles. The van der Waals surface area contributed by atoms with Crippen LogP contribution in [0, 0.1) is 21.4 Å². The van der Waals surface area contributed by atoms with E-state index >= 15 is 0 Å². The molecule has 18 nitrogen and oxygen atoms in total. The molecule has 0 unspecified atom stereocenters. The van der Waals surface area contributed by atoms with Crippen molar-refractivity contribution in [2.24, 2.45) is 11.3 Å². The molecule has 5 N–H and O–H groups in total. The number of aliphatic hydroxyl groups is 1. The number of aromatic amines is 1. The van der Waals surface area contributed by atoms with Gasteiger partial charge in [0.15, 0.2) is 0 Å². The molecule has 4 aliphatic rings. The smallest absolute Gasteiger partial charge is 0.407 e. The number of nitro groups is 1. The number of rotatable bonds is 13. The lowest BCUT2D eigenvalue weighted by molar-refractivity contribution is -0.384. The van der Waals surface area contributed by atoms with Gasteiger partial charge in [-0.2, -0.15) is 0 Å². The number of anilines is 2. The predicted molar refractivity (Wildman–Crippen MR) is 256 cm³/mol. The molecule has 0 radical (unpaired) electrons. The number of nitrogens with zero attached hydrogens (tertiary/aromatic N) is 6. The van der Waals surface area contributed by atoms with E-state index in [9.17, 15) is 38.3 Å². The molecule has 2 amide bonds. The van der Waals surface area contributed by atoms with Crippen molar-refractivity contribution in [3.05, 3.63) is 106 Å². The van der Waals surface area contributed by atoms with Gasteiger partial charge in [0, 0.05) is 74.7 Å². The summed E-state index contributed by atoms with van der Waals surface area (Å²) in [5, 5.41) is 36.2. The van der Waals surface area contributed by atoms with Crippen LogP contribution in [0.1, 0.15) is 106 Å². The molecule has 360 valence electrons. The molecular formula is C49H59N9O9S. The van der Waals surface area contributed by atoms with Crippen molar-refractivity contribution in [3.8, 4) is 11.5 Å². The van der Waals surface area contributed by atoms with Crippen LogP contribution in [0.2, 0.25) is 0 Å². The number of ether oxygens (including phenoxy) is 1. The van der Waals surface area contributed by atoms with Crippen molar-refractivity contribution in [2.45, 2.75) is 101 Å². The highest BCUT2D eigenvalue weighted by molar-refractivity contribution is 7.90. The summed E-state index contributed by atoms with van der Waals surface area (Å²) in [6.45, 7) is 9.59. The number of carbonyl (C=O) groups excluding carboxylic acids is 1. The number of aromatic nitrogens is 3. The Hall–Kier alpha value is -6.31. The zero-order valence-electron chi connectivity index (χ0n) is 38.6. The van der Waals surface area contributed by atoms with Gasteiger partial charge in [0.1, 0.15) is 22.0 Å². The highest BCUT2D eigenvalue weighted by Gasteiger charge is 2.50. The maximum absolute atomic E-state index is 14.0. The highest BCUT2D eigenvalue weighted by Crippen LogP contribution is 2.53. The van der Waals surface area contributed by atoms with Gasteiger partial charge in [0.2, 0.25) is 5.82 Å². The zero-order chi connectivity index (χ0) is 48.0. The van der Waals surface area contributed by atoms with Crippen LogP contribution >= 0.6 is 0 Å². The van der Waals surface area contributed by atoms with Crippen LogP contribution in [0.5, 0.6) is 11.5 Å². The van der Waals surface area contributed by atoms with Gasteiger partial charge < -0.3 is 35.1 Å². The van der Waals surface area contributed by atoms with Gasteiger partial charge in [-0.05, 0) is 111 Å². The van der Waals surface area contributed by atoms with E-state index in [1.165, 1.54) is 23.4 Å². The van der Waals surface area contributed by atoms with Crippen molar-refractivity contribution in [1.29, 1.82) is 0 Å². The fourth-order valence-electron chi connectivity index (χ4n) is 10.8.